The monoisotopic (exact) mass is 355 g/mol. The molecule has 1 amide bonds. The van der Waals surface area contributed by atoms with Crippen molar-refractivity contribution in [2.24, 2.45) is 0 Å². The second-order valence-electron chi connectivity index (χ2n) is 4.82. The van der Waals surface area contributed by atoms with Gasteiger partial charge in [-0.15, -0.1) is 11.3 Å². The number of hydrogen-bond donors (Lipinski definition) is 1. The minimum atomic E-state index is -3.75. The van der Waals surface area contributed by atoms with E-state index in [1.54, 1.807) is 5.38 Å². The smallest absolute Gasteiger partial charge is 0.366 e. The zero-order valence-corrected chi connectivity index (χ0v) is 13.6. The van der Waals surface area contributed by atoms with Crippen LogP contribution >= 0.6 is 11.3 Å². The van der Waals surface area contributed by atoms with E-state index in [4.69, 9.17) is 0 Å². The normalized spacial score (nSPS) is 11.1. The summed E-state index contributed by atoms with van der Waals surface area (Å²) in [4.78, 5) is 30.4. The number of hydrogen-bond acceptors (Lipinski definition) is 6. The van der Waals surface area contributed by atoms with Crippen molar-refractivity contribution in [1.82, 2.24) is 9.97 Å². The van der Waals surface area contributed by atoms with Gasteiger partial charge >= 0.3 is 17.8 Å². The average molecular weight is 355 g/mol. The maximum Gasteiger partial charge on any atom is 0.366 e. The van der Waals surface area contributed by atoms with Gasteiger partial charge in [0.05, 0.1) is 12.8 Å². The van der Waals surface area contributed by atoms with Gasteiger partial charge in [-0.2, -0.15) is 8.78 Å². The van der Waals surface area contributed by atoms with Gasteiger partial charge in [-0.1, -0.05) is 6.07 Å². The number of ether oxygens (including phenoxy) is 1. The van der Waals surface area contributed by atoms with Crippen LogP contribution in [-0.4, -0.2) is 29.0 Å². The van der Waals surface area contributed by atoms with E-state index >= 15 is 0 Å². The summed E-state index contributed by atoms with van der Waals surface area (Å²) in [7, 11) is 1.31. The lowest BCUT2D eigenvalue weighted by Gasteiger charge is -2.13. The van der Waals surface area contributed by atoms with E-state index in [0.717, 1.165) is 17.4 Å². The van der Waals surface area contributed by atoms with Gasteiger partial charge in [0.1, 0.15) is 5.69 Å². The molecule has 9 heteroatoms. The molecule has 0 saturated heterocycles. The highest BCUT2D eigenvalue weighted by Crippen LogP contribution is 2.28. The van der Waals surface area contributed by atoms with Crippen LogP contribution in [0.3, 0.4) is 0 Å². The number of esters is 1. The van der Waals surface area contributed by atoms with Crippen molar-refractivity contribution < 1.29 is 23.1 Å². The number of aromatic nitrogens is 2. The lowest BCUT2D eigenvalue weighted by molar-refractivity contribution is -0.141. The van der Waals surface area contributed by atoms with Crippen LogP contribution in [0, 0.1) is 0 Å². The first-order chi connectivity index (χ1) is 11.4. The van der Waals surface area contributed by atoms with Crippen LogP contribution in [0.5, 0.6) is 0 Å². The molecule has 0 radical (unpaired) electrons. The number of carbonyl (C=O) groups is 2. The van der Waals surface area contributed by atoms with Gasteiger partial charge in [-0.25, -0.2) is 4.98 Å². The Labute approximate surface area is 140 Å². The first-order valence-corrected chi connectivity index (χ1v) is 7.93. The predicted octanol–water partition coefficient (Wildman–Crippen LogP) is 2.76. The highest BCUT2D eigenvalue weighted by Gasteiger charge is 2.42. The Kier molecular flexibility index (Phi) is 5.91. The van der Waals surface area contributed by atoms with E-state index < -0.39 is 17.5 Å². The number of aryl methyl sites for hydroxylation is 1. The molecule has 0 fully saturated rings. The first-order valence-electron chi connectivity index (χ1n) is 7.05. The highest BCUT2D eigenvalue weighted by molar-refractivity contribution is 7.13. The van der Waals surface area contributed by atoms with Gasteiger partial charge in [-0.3, -0.25) is 19.9 Å². The Bertz CT molecular complexity index is 707. The summed E-state index contributed by atoms with van der Waals surface area (Å²) in [5, 5.41) is 3.82. The molecule has 6 nitrogen and oxygen atoms in total. The Balaban J connectivity index is 1.94. The number of anilines is 1. The summed E-state index contributed by atoms with van der Waals surface area (Å²) in [6, 6.07) is 3.95. The molecule has 0 spiro atoms. The molecule has 24 heavy (non-hydrogen) atoms. The minimum absolute atomic E-state index is 0.0728. The number of pyridine rings is 1. The third-order valence-electron chi connectivity index (χ3n) is 3.09. The van der Waals surface area contributed by atoms with Gasteiger partial charge in [0.25, 0.3) is 0 Å². The van der Waals surface area contributed by atoms with Gasteiger partial charge in [0, 0.05) is 18.0 Å². The zero-order chi connectivity index (χ0) is 17.6. The molecule has 2 aromatic heterocycles. The fourth-order valence-electron chi connectivity index (χ4n) is 1.84. The summed E-state index contributed by atoms with van der Waals surface area (Å²) >= 11 is 1.04. The number of nitrogens with one attached hydrogen (secondary N) is 1. The average Bonchev–Trinajstić information content (AvgIpc) is 3.02. The van der Waals surface area contributed by atoms with E-state index in [-0.39, 0.29) is 17.5 Å². The molecule has 2 rings (SSSR count). The largest absolute Gasteiger partial charge is 0.469 e. The zero-order valence-electron chi connectivity index (χ0n) is 12.8. The van der Waals surface area contributed by atoms with Crippen LogP contribution in [-0.2, 0) is 26.7 Å². The maximum absolute atomic E-state index is 14.0. The topological polar surface area (TPSA) is 81.2 Å². The molecule has 0 saturated carbocycles. The quantitative estimate of drug-likeness (QED) is 0.773. The molecule has 0 aliphatic heterocycles. The van der Waals surface area contributed by atoms with Crippen molar-refractivity contribution in [1.29, 1.82) is 0 Å². The number of rotatable bonds is 7. The molecule has 0 unspecified atom stereocenters. The lowest BCUT2D eigenvalue weighted by Crippen LogP contribution is -2.33. The Morgan fingerprint density at radius 2 is 2.17 bits per heavy atom. The third kappa shape index (κ3) is 4.54. The van der Waals surface area contributed by atoms with Crippen LogP contribution in [0.1, 0.15) is 24.2 Å². The highest BCUT2D eigenvalue weighted by atomic mass is 32.1. The fraction of sp³-hybridized carbons (Fsp3) is 0.333. The summed E-state index contributed by atoms with van der Waals surface area (Å²) in [6.07, 6.45) is 2.44. The van der Waals surface area contributed by atoms with Crippen molar-refractivity contribution in [2.75, 3.05) is 12.4 Å². The Hall–Kier alpha value is -2.42. The minimum Gasteiger partial charge on any atom is -0.469 e. The summed E-state index contributed by atoms with van der Waals surface area (Å²) in [5.41, 5.74) is -0.0160. The van der Waals surface area contributed by atoms with Crippen LogP contribution in [0.25, 0.3) is 0 Å². The molecule has 128 valence electrons. The second kappa shape index (κ2) is 7.91. The molecule has 0 bridgehead atoms. The molecule has 0 aliphatic rings. The van der Waals surface area contributed by atoms with Crippen LogP contribution < -0.4 is 5.32 Å². The lowest BCUT2D eigenvalue weighted by atomic mass is 10.2. The number of thiazole rings is 1. The van der Waals surface area contributed by atoms with Gasteiger partial charge in [-0.05, 0) is 25.0 Å². The van der Waals surface area contributed by atoms with E-state index in [1.165, 1.54) is 25.4 Å². The van der Waals surface area contributed by atoms with Crippen LogP contribution in [0.2, 0.25) is 0 Å². The molecular weight excluding hydrogens is 340 g/mol. The number of nitrogens with zero attached hydrogens (tertiary/aromatic N) is 2. The number of alkyl halides is 2. The van der Waals surface area contributed by atoms with Crippen molar-refractivity contribution >= 4 is 28.3 Å². The molecule has 0 atom stereocenters. The van der Waals surface area contributed by atoms with Crippen LogP contribution in [0.15, 0.2) is 29.8 Å². The maximum atomic E-state index is 14.0. The first kappa shape index (κ1) is 17.9. The number of halogens is 2. The van der Waals surface area contributed by atoms with E-state index in [2.05, 4.69) is 20.0 Å². The molecule has 1 N–H and O–H groups in total. The number of amides is 1. The molecule has 0 aromatic carbocycles. The van der Waals surface area contributed by atoms with E-state index in [9.17, 15) is 18.4 Å². The van der Waals surface area contributed by atoms with Crippen molar-refractivity contribution in [3.05, 3.63) is 41.2 Å². The summed E-state index contributed by atoms with van der Waals surface area (Å²) in [5.74, 6) is -5.57. The van der Waals surface area contributed by atoms with E-state index in [1.807, 2.05) is 0 Å². The van der Waals surface area contributed by atoms with E-state index in [0.29, 0.717) is 18.5 Å². The van der Waals surface area contributed by atoms with Gasteiger partial charge in [0.2, 0.25) is 0 Å². The summed E-state index contributed by atoms with van der Waals surface area (Å²) in [6.45, 7) is 0. The van der Waals surface area contributed by atoms with Crippen molar-refractivity contribution in [2.45, 2.75) is 25.2 Å². The fourth-order valence-corrected chi connectivity index (χ4v) is 2.58. The number of carbonyl (C=O) groups excluding carboxylic acids is 2. The third-order valence-corrected chi connectivity index (χ3v) is 3.89. The molecular formula is C15H15F2N3O3S. The SMILES string of the molecule is COC(=O)CCCc1csc(NC(=O)C(F)(F)c2ccccn2)n1. The Morgan fingerprint density at radius 1 is 1.38 bits per heavy atom. The molecule has 0 aliphatic carbocycles. The molecule has 2 aromatic rings. The predicted molar refractivity (Wildman–Crippen MR) is 83.8 cm³/mol. The van der Waals surface area contributed by atoms with Gasteiger partial charge in [0.15, 0.2) is 5.13 Å². The Morgan fingerprint density at radius 3 is 2.83 bits per heavy atom. The number of methoxy groups -OCH3 is 1. The molecule has 2 heterocycles. The van der Waals surface area contributed by atoms with Crippen molar-refractivity contribution in [3.63, 3.8) is 0 Å². The van der Waals surface area contributed by atoms with Crippen LogP contribution in [0.4, 0.5) is 13.9 Å². The van der Waals surface area contributed by atoms with Gasteiger partial charge < -0.3 is 4.74 Å². The summed E-state index contributed by atoms with van der Waals surface area (Å²) < 4.78 is 32.6. The van der Waals surface area contributed by atoms with Crippen molar-refractivity contribution in [3.8, 4) is 0 Å². The standard InChI is InChI=1S/C15H15F2N3O3S/c1-23-12(21)7-4-5-10-9-24-14(19-10)20-13(22)15(16,17)11-6-2-3-8-18-11/h2-3,6,8-9H,4-5,7H2,1H3,(H,19,20,22). The second-order valence-corrected chi connectivity index (χ2v) is 5.68.